The third-order valence-electron chi connectivity index (χ3n) is 3.14. The highest BCUT2D eigenvalue weighted by atomic mass is 35.5. The fourth-order valence-electron chi connectivity index (χ4n) is 1.71. The van der Waals surface area contributed by atoms with Gasteiger partial charge in [0.15, 0.2) is 11.1 Å². The molecule has 110 valence electrons. The molecule has 0 aliphatic carbocycles. The molecule has 1 heterocycles. The second kappa shape index (κ2) is 8.10. The summed E-state index contributed by atoms with van der Waals surface area (Å²) in [5.74, 6) is 0.0182. The first-order chi connectivity index (χ1) is 8.95. The molecule has 1 rings (SSSR count). The van der Waals surface area contributed by atoms with Crippen molar-refractivity contribution in [1.29, 1.82) is 0 Å². The van der Waals surface area contributed by atoms with Crippen molar-refractivity contribution < 1.29 is 14.3 Å². The standard InChI is InChI=1S/C13H21Cl2NO3/c1-4-5-6-16(13(17)12(14)15)7-11-18-8-9(2)10(3)19-11/h4-5,9-12H,6-8H2,1-3H3/b5-4+. The predicted molar refractivity (Wildman–Crippen MR) is 76.3 cm³/mol. The minimum atomic E-state index is -1.06. The fraction of sp³-hybridized carbons (Fsp3) is 0.769. The van der Waals surface area contributed by atoms with E-state index < -0.39 is 11.1 Å². The van der Waals surface area contributed by atoms with Crippen LogP contribution in [0, 0.1) is 5.92 Å². The van der Waals surface area contributed by atoms with E-state index in [1.54, 1.807) is 0 Å². The first kappa shape index (κ1) is 16.8. The molecule has 0 aromatic heterocycles. The van der Waals surface area contributed by atoms with Crippen LogP contribution in [0.5, 0.6) is 0 Å². The van der Waals surface area contributed by atoms with Gasteiger partial charge in [0.05, 0.1) is 19.3 Å². The van der Waals surface area contributed by atoms with Gasteiger partial charge >= 0.3 is 0 Å². The molecule has 0 N–H and O–H groups in total. The Hall–Kier alpha value is -0.290. The smallest absolute Gasteiger partial charge is 0.256 e. The Labute approximate surface area is 124 Å². The Bertz CT molecular complexity index is 323. The Morgan fingerprint density at radius 2 is 2.16 bits per heavy atom. The number of rotatable bonds is 5. The highest BCUT2D eigenvalue weighted by molar-refractivity contribution is 6.53. The molecule has 1 amide bonds. The third-order valence-corrected chi connectivity index (χ3v) is 3.52. The number of nitrogens with zero attached hydrogens (tertiary/aromatic N) is 1. The molecular weight excluding hydrogens is 289 g/mol. The molecule has 3 atom stereocenters. The highest BCUT2D eigenvalue weighted by Gasteiger charge is 2.29. The normalized spacial score (nSPS) is 28.0. The molecule has 0 saturated carbocycles. The molecule has 0 bridgehead atoms. The van der Waals surface area contributed by atoms with Crippen molar-refractivity contribution in [3.63, 3.8) is 0 Å². The number of amides is 1. The Balaban J connectivity index is 2.59. The van der Waals surface area contributed by atoms with Crippen molar-refractivity contribution in [2.75, 3.05) is 19.7 Å². The van der Waals surface area contributed by atoms with Crippen LogP contribution in [-0.2, 0) is 14.3 Å². The van der Waals surface area contributed by atoms with Crippen molar-refractivity contribution in [3.05, 3.63) is 12.2 Å². The summed E-state index contributed by atoms with van der Waals surface area (Å²) in [6.07, 6.45) is 3.42. The first-order valence-corrected chi connectivity index (χ1v) is 7.28. The number of ether oxygens (including phenoxy) is 2. The molecule has 1 aliphatic heterocycles. The fourth-order valence-corrected chi connectivity index (χ4v) is 1.98. The third kappa shape index (κ3) is 5.30. The van der Waals surface area contributed by atoms with Crippen molar-refractivity contribution in [2.45, 2.75) is 38.0 Å². The van der Waals surface area contributed by atoms with Gasteiger partial charge in [0.25, 0.3) is 5.91 Å². The number of alkyl halides is 2. The number of halogens is 2. The average molecular weight is 310 g/mol. The largest absolute Gasteiger partial charge is 0.350 e. The predicted octanol–water partition coefficient (Wildman–Crippen LogP) is 2.59. The molecule has 4 nitrogen and oxygen atoms in total. The monoisotopic (exact) mass is 309 g/mol. The second-order valence-electron chi connectivity index (χ2n) is 4.69. The lowest BCUT2D eigenvalue weighted by Gasteiger charge is -2.35. The van der Waals surface area contributed by atoms with Crippen LogP contribution in [0.3, 0.4) is 0 Å². The lowest BCUT2D eigenvalue weighted by molar-refractivity contribution is -0.233. The van der Waals surface area contributed by atoms with Gasteiger partial charge in [0.1, 0.15) is 0 Å². The molecule has 1 saturated heterocycles. The molecule has 3 unspecified atom stereocenters. The van der Waals surface area contributed by atoms with Gasteiger partial charge in [0, 0.05) is 12.5 Å². The Kier molecular flexibility index (Phi) is 7.15. The lowest BCUT2D eigenvalue weighted by atomic mass is 10.1. The quantitative estimate of drug-likeness (QED) is 0.579. The zero-order chi connectivity index (χ0) is 14.4. The van der Waals surface area contributed by atoms with Crippen LogP contribution in [-0.4, -0.2) is 47.7 Å². The number of carbonyl (C=O) groups is 1. The maximum Gasteiger partial charge on any atom is 0.256 e. The van der Waals surface area contributed by atoms with Crippen LogP contribution in [0.2, 0.25) is 0 Å². The summed E-state index contributed by atoms with van der Waals surface area (Å²) < 4.78 is 11.3. The molecule has 19 heavy (non-hydrogen) atoms. The zero-order valence-electron chi connectivity index (χ0n) is 11.5. The summed E-state index contributed by atoms with van der Waals surface area (Å²) in [6.45, 7) is 7.36. The second-order valence-corrected chi connectivity index (χ2v) is 5.79. The van der Waals surface area contributed by atoms with E-state index in [9.17, 15) is 4.79 Å². The number of allylic oxidation sites excluding steroid dienone is 1. The number of hydrogen-bond acceptors (Lipinski definition) is 3. The maximum atomic E-state index is 11.9. The summed E-state index contributed by atoms with van der Waals surface area (Å²) in [5.41, 5.74) is 0. The van der Waals surface area contributed by atoms with Crippen LogP contribution < -0.4 is 0 Å². The van der Waals surface area contributed by atoms with E-state index in [4.69, 9.17) is 32.7 Å². The van der Waals surface area contributed by atoms with Crippen molar-refractivity contribution in [1.82, 2.24) is 4.90 Å². The van der Waals surface area contributed by atoms with Gasteiger partial charge in [0.2, 0.25) is 0 Å². The lowest BCUT2D eigenvalue weighted by Crippen LogP contribution is -2.46. The van der Waals surface area contributed by atoms with Crippen molar-refractivity contribution >= 4 is 29.1 Å². The number of carbonyl (C=O) groups excluding carboxylic acids is 1. The van der Waals surface area contributed by atoms with E-state index in [0.717, 1.165) is 0 Å². The van der Waals surface area contributed by atoms with Gasteiger partial charge in [-0.25, -0.2) is 0 Å². The zero-order valence-corrected chi connectivity index (χ0v) is 13.0. The maximum absolute atomic E-state index is 11.9. The summed E-state index contributed by atoms with van der Waals surface area (Å²) in [6, 6.07) is 0. The molecule has 0 radical (unpaired) electrons. The van der Waals surface area contributed by atoms with Crippen LogP contribution in [0.1, 0.15) is 20.8 Å². The van der Waals surface area contributed by atoms with E-state index in [1.807, 2.05) is 26.0 Å². The van der Waals surface area contributed by atoms with E-state index in [-0.39, 0.29) is 12.0 Å². The molecule has 0 aromatic carbocycles. The number of hydrogen-bond donors (Lipinski definition) is 0. The molecule has 1 aliphatic rings. The van der Waals surface area contributed by atoms with Crippen molar-refractivity contribution in [3.8, 4) is 0 Å². The average Bonchev–Trinajstić information content (AvgIpc) is 2.37. The molecule has 6 heteroatoms. The van der Waals surface area contributed by atoms with E-state index >= 15 is 0 Å². The van der Waals surface area contributed by atoms with Crippen LogP contribution in [0.4, 0.5) is 0 Å². The van der Waals surface area contributed by atoms with Crippen LogP contribution >= 0.6 is 23.2 Å². The van der Waals surface area contributed by atoms with Crippen LogP contribution in [0.25, 0.3) is 0 Å². The summed E-state index contributed by atoms with van der Waals surface area (Å²) in [5, 5.41) is 0. The first-order valence-electron chi connectivity index (χ1n) is 6.40. The topological polar surface area (TPSA) is 38.8 Å². The molecule has 0 spiro atoms. The Morgan fingerprint density at radius 3 is 2.68 bits per heavy atom. The van der Waals surface area contributed by atoms with Gasteiger partial charge in [-0.05, 0) is 13.8 Å². The van der Waals surface area contributed by atoms with E-state index in [2.05, 4.69) is 6.92 Å². The summed E-state index contributed by atoms with van der Waals surface area (Å²) in [4.78, 5) is 12.4. The minimum Gasteiger partial charge on any atom is -0.350 e. The van der Waals surface area contributed by atoms with E-state index in [1.165, 1.54) is 4.90 Å². The summed E-state index contributed by atoms with van der Waals surface area (Å²) in [7, 11) is 0. The molecular formula is C13H21Cl2NO3. The SMILES string of the molecule is C/C=C/CN(CC1OCC(C)C(C)O1)C(=O)C(Cl)Cl. The Morgan fingerprint density at radius 1 is 1.47 bits per heavy atom. The molecule has 0 aromatic rings. The van der Waals surface area contributed by atoms with Crippen molar-refractivity contribution in [2.24, 2.45) is 5.92 Å². The van der Waals surface area contributed by atoms with Gasteiger partial charge in [-0.2, -0.15) is 0 Å². The van der Waals surface area contributed by atoms with Gasteiger partial charge in [-0.3, -0.25) is 4.79 Å². The minimum absolute atomic E-state index is 0.111. The van der Waals surface area contributed by atoms with Crippen LogP contribution in [0.15, 0.2) is 12.2 Å². The molecule has 1 fully saturated rings. The van der Waals surface area contributed by atoms with Gasteiger partial charge in [-0.1, -0.05) is 42.3 Å². The van der Waals surface area contributed by atoms with Gasteiger partial charge < -0.3 is 14.4 Å². The highest BCUT2D eigenvalue weighted by Crippen LogP contribution is 2.19. The summed E-state index contributed by atoms with van der Waals surface area (Å²) >= 11 is 11.3. The van der Waals surface area contributed by atoms with Gasteiger partial charge in [-0.15, -0.1) is 0 Å². The van der Waals surface area contributed by atoms with E-state index in [0.29, 0.717) is 25.6 Å².